The molecule has 23 heavy (non-hydrogen) atoms. The van der Waals surface area contributed by atoms with E-state index in [1.165, 1.54) is 6.33 Å². The highest BCUT2D eigenvalue weighted by Crippen LogP contribution is 2.15. The Morgan fingerprint density at radius 2 is 2.26 bits per heavy atom. The fraction of sp³-hybridized carbons (Fsp3) is 0.375. The van der Waals surface area contributed by atoms with Gasteiger partial charge < -0.3 is 15.4 Å². The van der Waals surface area contributed by atoms with Gasteiger partial charge in [-0.15, -0.1) is 0 Å². The van der Waals surface area contributed by atoms with E-state index >= 15 is 0 Å². The van der Waals surface area contributed by atoms with Gasteiger partial charge in [-0.3, -0.25) is 4.79 Å². The van der Waals surface area contributed by atoms with Crippen LogP contribution in [-0.2, 0) is 11.2 Å². The molecule has 1 amide bonds. The number of nitrogens with zero attached hydrogens (tertiary/aromatic N) is 4. The van der Waals surface area contributed by atoms with Crippen molar-refractivity contribution in [2.24, 2.45) is 0 Å². The van der Waals surface area contributed by atoms with Gasteiger partial charge in [0.1, 0.15) is 17.8 Å². The van der Waals surface area contributed by atoms with Crippen LogP contribution in [0.15, 0.2) is 36.9 Å². The Morgan fingerprint density at radius 1 is 1.35 bits per heavy atom. The standard InChI is InChI=1S/C16H19N5O2/c17-15-9-12(3-6-19-15)1-2-13-10-21(7-8-23-13)16(22)14-4-5-18-11-20-14/h3-6,9,11,13H,1-2,7-8,10H2,(H2,17,19). The van der Waals surface area contributed by atoms with E-state index in [1.807, 2.05) is 12.1 Å². The molecule has 0 saturated carbocycles. The number of pyridine rings is 1. The predicted octanol–water partition coefficient (Wildman–Crippen LogP) is 0.928. The average Bonchev–Trinajstić information content (AvgIpc) is 2.60. The molecule has 2 aromatic heterocycles. The number of carbonyl (C=O) groups excluding carboxylic acids is 1. The van der Waals surface area contributed by atoms with Gasteiger partial charge in [-0.1, -0.05) is 0 Å². The summed E-state index contributed by atoms with van der Waals surface area (Å²) in [5, 5.41) is 0. The molecular weight excluding hydrogens is 294 g/mol. The van der Waals surface area contributed by atoms with Crippen LogP contribution in [0.4, 0.5) is 5.82 Å². The Morgan fingerprint density at radius 3 is 3.04 bits per heavy atom. The second kappa shape index (κ2) is 7.15. The topological polar surface area (TPSA) is 94.2 Å². The van der Waals surface area contributed by atoms with Gasteiger partial charge >= 0.3 is 0 Å². The molecule has 0 radical (unpaired) electrons. The first-order chi connectivity index (χ1) is 11.2. The number of hydrogen-bond donors (Lipinski definition) is 1. The third-order valence-corrected chi connectivity index (χ3v) is 3.83. The molecule has 3 rings (SSSR count). The van der Waals surface area contributed by atoms with Crippen molar-refractivity contribution in [3.63, 3.8) is 0 Å². The molecule has 3 heterocycles. The van der Waals surface area contributed by atoms with Crippen LogP contribution in [0.2, 0.25) is 0 Å². The van der Waals surface area contributed by atoms with Crippen molar-refractivity contribution in [3.8, 4) is 0 Å². The molecule has 120 valence electrons. The van der Waals surface area contributed by atoms with Gasteiger partial charge in [0.15, 0.2) is 0 Å². The average molecular weight is 313 g/mol. The number of carbonyl (C=O) groups is 1. The number of anilines is 1. The quantitative estimate of drug-likeness (QED) is 0.902. The highest BCUT2D eigenvalue weighted by atomic mass is 16.5. The Balaban J connectivity index is 1.57. The smallest absolute Gasteiger partial charge is 0.272 e. The molecule has 1 fully saturated rings. The molecule has 0 aromatic carbocycles. The van der Waals surface area contributed by atoms with Gasteiger partial charge in [-0.2, -0.15) is 0 Å². The van der Waals surface area contributed by atoms with E-state index < -0.39 is 0 Å². The molecule has 0 bridgehead atoms. The third kappa shape index (κ3) is 4.01. The highest BCUT2D eigenvalue weighted by molar-refractivity contribution is 5.92. The lowest BCUT2D eigenvalue weighted by Crippen LogP contribution is -2.46. The lowest BCUT2D eigenvalue weighted by Gasteiger charge is -2.32. The summed E-state index contributed by atoms with van der Waals surface area (Å²) in [6.07, 6.45) is 6.36. The van der Waals surface area contributed by atoms with Crippen LogP contribution in [0.3, 0.4) is 0 Å². The molecule has 7 heteroatoms. The minimum atomic E-state index is -0.0751. The highest BCUT2D eigenvalue weighted by Gasteiger charge is 2.25. The Kier molecular flexibility index (Phi) is 4.77. The van der Waals surface area contributed by atoms with Gasteiger partial charge in [-0.05, 0) is 36.6 Å². The summed E-state index contributed by atoms with van der Waals surface area (Å²) in [7, 11) is 0. The first-order valence-corrected chi connectivity index (χ1v) is 7.59. The van der Waals surface area contributed by atoms with E-state index in [0.717, 1.165) is 18.4 Å². The summed E-state index contributed by atoms with van der Waals surface area (Å²) in [4.78, 5) is 26.0. The van der Waals surface area contributed by atoms with Crippen LogP contribution in [0, 0.1) is 0 Å². The molecule has 2 N–H and O–H groups in total. The van der Waals surface area contributed by atoms with E-state index in [-0.39, 0.29) is 12.0 Å². The summed E-state index contributed by atoms with van der Waals surface area (Å²) in [5.41, 5.74) is 7.23. The van der Waals surface area contributed by atoms with E-state index in [1.54, 1.807) is 23.4 Å². The second-order valence-corrected chi connectivity index (χ2v) is 5.47. The number of nitrogens with two attached hydrogens (primary N) is 1. The number of aromatic nitrogens is 3. The van der Waals surface area contributed by atoms with Crippen LogP contribution in [0.1, 0.15) is 22.5 Å². The van der Waals surface area contributed by atoms with E-state index in [2.05, 4.69) is 15.0 Å². The van der Waals surface area contributed by atoms with Crippen molar-refractivity contribution in [2.75, 3.05) is 25.4 Å². The van der Waals surface area contributed by atoms with Crippen molar-refractivity contribution in [3.05, 3.63) is 48.2 Å². The number of amides is 1. The fourth-order valence-corrected chi connectivity index (χ4v) is 2.64. The van der Waals surface area contributed by atoms with E-state index in [4.69, 9.17) is 10.5 Å². The number of rotatable bonds is 4. The van der Waals surface area contributed by atoms with Crippen molar-refractivity contribution in [1.29, 1.82) is 0 Å². The zero-order valence-electron chi connectivity index (χ0n) is 12.8. The molecule has 1 atom stereocenters. The zero-order valence-corrected chi connectivity index (χ0v) is 12.8. The molecule has 1 aliphatic rings. The summed E-state index contributed by atoms with van der Waals surface area (Å²) in [5.74, 6) is 0.446. The summed E-state index contributed by atoms with van der Waals surface area (Å²) < 4.78 is 5.77. The van der Waals surface area contributed by atoms with Crippen LogP contribution < -0.4 is 5.73 Å². The lowest BCUT2D eigenvalue weighted by molar-refractivity contribution is -0.0247. The summed E-state index contributed by atoms with van der Waals surface area (Å²) in [6, 6.07) is 5.45. The SMILES string of the molecule is Nc1cc(CCC2CN(C(=O)c3ccncn3)CCO2)ccn1. The normalized spacial score (nSPS) is 17.9. The fourth-order valence-electron chi connectivity index (χ4n) is 2.64. The Labute approximate surface area is 134 Å². The Bertz CT molecular complexity index is 665. The first-order valence-electron chi connectivity index (χ1n) is 7.59. The van der Waals surface area contributed by atoms with Gasteiger partial charge in [0.25, 0.3) is 5.91 Å². The van der Waals surface area contributed by atoms with Crippen LogP contribution in [-0.4, -0.2) is 51.6 Å². The number of hydrogen-bond acceptors (Lipinski definition) is 6. The predicted molar refractivity (Wildman–Crippen MR) is 84.6 cm³/mol. The molecule has 7 nitrogen and oxygen atoms in total. The summed E-state index contributed by atoms with van der Waals surface area (Å²) >= 11 is 0. The molecule has 1 unspecified atom stereocenters. The lowest BCUT2D eigenvalue weighted by atomic mass is 10.1. The molecular formula is C16H19N5O2. The maximum atomic E-state index is 12.4. The van der Waals surface area contributed by atoms with Gasteiger partial charge in [0, 0.05) is 25.5 Å². The van der Waals surface area contributed by atoms with Crippen LogP contribution in [0.5, 0.6) is 0 Å². The summed E-state index contributed by atoms with van der Waals surface area (Å²) in [6.45, 7) is 1.70. The molecule has 2 aromatic rings. The molecule has 0 spiro atoms. The molecule has 1 saturated heterocycles. The first kappa shape index (κ1) is 15.4. The molecule has 0 aliphatic carbocycles. The zero-order chi connectivity index (χ0) is 16.1. The maximum Gasteiger partial charge on any atom is 0.272 e. The maximum absolute atomic E-state index is 12.4. The van der Waals surface area contributed by atoms with E-state index in [0.29, 0.717) is 31.2 Å². The van der Waals surface area contributed by atoms with Crippen molar-refractivity contribution < 1.29 is 9.53 Å². The number of aryl methyl sites for hydroxylation is 1. The largest absolute Gasteiger partial charge is 0.384 e. The van der Waals surface area contributed by atoms with Crippen molar-refractivity contribution in [2.45, 2.75) is 18.9 Å². The van der Waals surface area contributed by atoms with Gasteiger partial charge in [0.05, 0.1) is 12.7 Å². The van der Waals surface area contributed by atoms with Gasteiger partial charge in [-0.25, -0.2) is 15.0 Å². The van der Waals surface area contributed by atoms with E-state index in [9.17, 15) is 4.79 Å². The number of nitrogen functional groups attached to an aromatic ring is 1. The van der Waals surface area contributed by atoms with Crippen molar-refractivity contribution in [1.82, 2.24) is 19.9 Å². The van der Waals surface area contributed by atoms with Crippen LogP contribution >= 0.6 is 0 Å². The molecule has 1 aliphatic heterocycles. The third-order valence-electron chi connectivity index (χ3n) is 3.83. The van der Waals surface area contributed by atoms with Crippen LogP contribution in [0.25, 0.3) is 0 Å². The minimum absolute atomic E-state index is 0.0175. The minimum Gasteiger partial charge on any atom is -0.384 e. The van der Waals surface area contributed by atoms with Gasteiger partial charge in [0.2, 0.25) is 0 Å². The Hall–Kier alpha value is -2.54. The number of ether oxygens (including phenoxy) is 1. The van der Waals surface area contributed by atoms with Crippen molar-refractivity contribution >= 4 is 11.7 Å². The second-order valence-electron chi connectivity index (χ2n) is 5.47. The number of morpholine rings is 1. The monoisotopic (exact) mass is 313 g/mol.